The van der Waals surface area contributed by atoms with Crippen LogP contribution in [0.1, 0.15) is 31.9 Å². The molecule has 118 valence electrons. The molecule has 1 aromatic carbocycles. The largest absolute Gasteiger partial charge is 0.367 e. The number of nitrogens with one attached hydrogen (secondary N) is 2. The van der Waals surface area contributed by atoms with Gasteiger partial charge >= 0.3 is 0 Å². The zero-order valence-electron chi connectivity index (χ0n) is 12.8. The minimum Gasteiger partial charge on any atom is -0.367 e. The predicted molar refractivity (Wildman–Crippen MR) is 86.6 cm³/mol. The van der Waals surface area contributed by atoms with Crippen LogP contribution in [0.4, 0.5) is 0 Å². The summed E-state index contributed by atoms with van der Waals surface area (Å²) in [6.07, 6.45) is 0.538. The van der Waals surface area contributed by atoms with E-state index in [0.717, 1.165) is 18.5 Å². The number of carbonyl (C=O) groups is 1. The molecule has 1 amide bonds. The standard InChI is InChI=1S/C16H24N2O2.ClH/c1-11-9-10-17-12(2)14(11)18-16(19)15(20-3)13-7-5-4-6-8-13;/h4-8,11-12,14-15,17H,9-10H2,1-3H3,(H,18,19);1H. The van der Waals surface area contributed by atoms with E-state index in [1.54, 1.807) is 7.11 Å². The number of benzene rings is 1. The highest BCUT2D eigenvalue weighted by Crippen LogP contribution is 2.20. The Hall–Kier alpha value is -1.10. The van der Waals surface area contributed by atoms with Crippen LogP contribution in [-0.2, 0) is 9.53 Å². The Balaban J connectivity index is 0.00000220. The van der Waals surface area contributed by atoms with Gasteiger partial charge in [0.1, 0.15) is 0 Å². The quantitative estimate of drug-likeness (QED) is 0.897. The van der Waals surface area contributed by atoms with Crippen molar-refractivity contribution in [2.45, 2.75) is 38.5 Å². The van der Waals surface area contributed by atoms with Crippen LogP contribution in [-0.4, -0.2) is 31.6 Å². The molecule has 0 radical (unpaired) electrons. The molecular formula is C16H25ClN2O2. The van der Waals surface area contributed by atoms with Gasteiger partial charge in [-0.15, -0.1) is 12.4 Å². The molecule has 1 fully saturated rings. The molecule has 0 bridgehead atoms. The lowest BCUT2D eigenvalue weighted by molar-refractivity contribution is -0.133. The van der Waals surface area contributed by atoms with Crippen molar-refractivity contribution in [1.82, 2.24) is 10.6 Å². The summed E-state index contributed by atoms with van der Waals surface area (Å²) < 4.78 is 5.38. The van der Waals surface area contributed by atoms with Crippen molar-refractivity contribution in [2.24, 2.45) is 5.92 Å². The summed E-state index contributed by atoms with van der Waals surface area (Å²) in [6, 6.07) is 10.0. The van der Waals surface area contributed by atoms with E-state index in [2.05, 4.69) is 24.5 Å². The molecule has 5 heteroatoms. The van der Waals surface area contributed by atoms with Gasteiger partial charge in [-0.2, -0.15) is 0 Å². The van der Waals surface area contributed by atoms with Gasteiger partial charge in [-0.1, -0.05) is 37.3 Å². The van der Waals surface area contributed by atoms with Crippen molar-refractivity contribution in [2.75, 3.05) is 13.7 Å². The minimum absolute atomic E-state index is 0. The Morgan fingerprint density at radius 2 is 2.00 bits per heavy atom. The summed E-state index contributed by atoms with van der Waals surface area (Å²) in [5.74, 6) is 0.412. The Kier molecular flexibility index (Phi) is 7.15. The van der Waals surface area contributed by atoms with Gasteiger partial charge in [-0.25, -0.2) is 0 Å². The maximum atomic E-state index is 12.5. The van der Waals surface area contributed by atoms with E-state index in [4.69, 9.17) is 4.74 Å². The van der Waals surface area contributed by atoms with E-state index in [1.807, 2.05) is 30.3 Å². The maximum absolute atomic E-state index is 12.5. The molecule has 1 saturated heterocycles. The average molecular weight is 313 g/mol. The fraction of sp³-hybridized carbons (Fsp3) is 0.562. The van der Waals surface area contributed by atoms with E-state index >= 15 is 0 Å². The number of halogens is 1. The topological polar surface area (TPSA) is 50.4 Å². The zero-order valence-corrected chi connectivity index (χ0v) is 13.7. The molecule has 1 aliphatic rings. The van der Waals surface area contributed by atoms with Gasteiger partial charge < -0.3 is 15.4 Å². The van der Waals surface area contributed by atoms with Crippen molar-refractivity contribution in [3.8, 4) is 0 Å². The van der Waals surface area contributed by atoms with Crippen LogP contribution in [0.25, 0.3) is 0 Å². The van der Waals surface area contributed by atoms with Crippen LogP contribution in [0.5, 0.6) is 0 Å². The highest BCUT2D eigenvalue weighted by atomic mass is 35.5. The highest BCUT2D eigenvalue weighted by molar-refractivity contribution is 5.85. The van der Waals surface area contributed by atoms with Crippen LogP contribution < -0.4 is 10.6 Å². The van der Waals surface area contributed by atoms with Gasteiger partial charge in [0.25, 0.3) is 5.91 Å². The summed E-state index contributed by atoms with van der Waals surface area (Å²) in [4.78, 5) is 12.5. The summed E-state index contributed by atoms with van der Waals surface area (Å²) in [5.41, 5.74) is 0.886. The van der Waals surface area contributed by atoms with Gasteiger partial charge in [0.05, 0.1) is 0 Å². The van der Waals surface area contributed by atoms with E-state index in [0.29, 0.717) is 5.92 Å². The van der Waals surface area contributed by atoms with Crippen molar-refractivity contribution >= 4 is 18.3 Å². The lowest BCUT2D eigenvalue weighted by Gasteiger charge is -2.36. The van der Waals surface area contributed by atoms with Gasteiger partial charge in [-0.3, -0.25) is 4.79 Å². The van der Waals surface area contributed by atoms with Crippen LogP contribution in [0, 0.1) is 5.92 Å². The first-order valence-electron chi connectivity index (χ1n) is 7.25. The SMILES string of the molecule is COC(C(=O)NC1C(C)CCNC1C)c1ccccc1.Cl. The molecule has 2 N–H and O–H groups in total. The Labute approximate surface area is 133 Å². The van der Waals surface area contributed by atoms with E-state index in [9.17, 15) is 4.79 Å². The molecular weight excluding hydrogens is 288 g/mol. The number of carbonyl (C=O) groups excluding carboxylic acids is 1. The average Bonchev–Trinajstić information content (AvgIpc) is 2.45. The molecule has 0 spiro atoms. The number of rotatable bonds is 4. The minimum atomic E-state index is -0.544. The van der Waals surface area contributed by atoms with Gasteiger partial charge in [0, 0.05) is 19.2 Å². The summed E-state index contributed by atoms with van der Waals surface area (Å²) in [5, 5.41) is 6.55. The summed E-state index contributed by atoms with van der Waals surface area (Å²) >= 11 is 0. The Morgan fingerprint density at radius 1 is 1.33 bits per heavy atom. The zero-order chi connectivity index (χ0) is 14.5. The van der Waals surface area contributed by atoms with Gasteiger partial charge in [-0.05, 0) is 31.4 Å². The number of hydrogen-bond acceptors (Lipinski definition) is 3. The molecule has 21 heavy (non-hydrogen) atoms. The van der Waals surface area contributed by atoms with E-state index < -0.39 is 6.10 Å². The fourth-order valence-electron chi connectivity index (χ4n) is 2.87. The summed E-state index contributed by atoms with van der Waals surface area (Å²) in [6.45, 7) is 5.32. The first-order chi connectivity index (χ1) is 9.63. The smallest absolute Gasteiger partial charge is 0.254 e. The van der Waals surface area contributed by atoms with Crippen LogP contribution in [0.3, 0.4) is 0 Å². The summed E-state index contributed by atoms with van der Waals surface area (Å²) in [7, 11) is 1.57. The Morgan fingerprint density at radius 3 is 2.57 bits per heavy atom. The molecule has 0 saturated carbocycles. The second-order valence-corrected chi connectivity index (χ2v) is 5.57. The first kappa shape index (κ1) is 18.0. The van der Waals surface area contributed by atoms with Gasteiger partial charge in [0.2, 0.25) is 0 Å². The molecule has 4 atom stereocenters. The normalized spacial score (nSPS) is 26.5. The molecule has 0 aromatic heterocycles. The number of amides is 1. The van der Waals surface area contributed by atoms with Crippen LogP contribution in [0.15, 0.2) is 30.3 Å². The van der Waals surface area contributed by atoms with Crippen LogP contribution in [0.2, 0.25) is 0 Å². The second-order valence-electron chi connectivity index (χ2n) is 5.57. The molecule has 4 unspecified atom stereocenters. The lowest BCUT2D eigenvalue weighted by Crippen LogP contribution is -2.56. The highest BCUT2D eigenvalue weighted by Gasteiger charge is 2.31. The maximum Gasteiger partial charge on any atom is 0.254 e. The molecule has 1 aliphatic heterocycles. The second kappa shape index (κ2) is 8.37. The third kappa shape index (κ3) is 4.43. The molecule has 4 nitrogen and oxygen atoms in total. The lowest BCUT2D eigenvalue weighted by atomic mass is 9.89. The monoisotopic (exact) mass is 312 g/mol. The number of methoxy groups -OCH3 is 1. The van der Waals surface area contributed by atoms with Crippen molar-refractivity contribution in [1.29, 1.82) is 0 Å². The molecule has 2 rings (SSSR count). The predicted octanol–water partition coefficient (Wildman–Crippen LogP) is 2.30. The van der Waals surface area contributed by atoms with Crippen LogP contribution >= 0.6 is 12.4 Å². The van der Waals surface area contributed by atoms with Gasteiger partial charge in [0.15, 0.2) is 6.10 Å². The number of hydrogen-bond donors (Lipinski definition) is 2. The molecule has 1 aromatic rings. The molecule has 0 aliphatic carbocycles. The van der Waals surface area contributed by atoms with E-state index in [1.165, 1.54) is 0 Å². The number of ether oxygens (including phenoxy) is 1. The first-order valence-corrected chi connectivity index (χ1v) is 7.25. The molecule has 1 heterocycles. The fourth-order valence-corrected chi connectivity index (χ4v) is 2.87. The van der Waals surface area contributed by atoms with Crippen molar-refractivity contribution in [3.63, 3.8) is 0 Å². The third-order valence-electron chi connectivity index (χ3n) is 4.10. The van der Waals surface area contributed by atoms with Crippen molar-refractivity contribution in [3.05, 3.63) is 35.9 Å². The third-order valence-corrected chi connectivity index (χ3v) is 4.10. The van der Waals surface area contributed by atoms with E-state index in [-0.39, 0.29) is 30.4 Å². The number of piperidine rings is 1. The Bertz CT molecular complexity index is 431. The van der Waals surface area contributed by atoms with Crippen molar-refractivity contribution < 1.29 is 9.53 Å².